The Morgan fingerprint density at radius 2 is 2.06 bits per heavy atom. The summed E-state index contributed by atoms with van der Waals surface area (Å²) < 4.78 is 1.28. The second-order valence-electron chi connectivity index (χ2n) is 4.92. The number of fused-ring (bicyclic) bond motifs is 1. The van der Waals surface area contributed by atoms with Crippen molar-refractivity contribution in [1.82, 2.24) is 0 Å². The molecule has 1 aliphatic rings. The van der Waals surface area contributed by atoms with Crippen molar-refractivity contribution >= 4 is 21.4 Å². The van der Waals surface area contributed by atoms with Crippen molar-refractivity contribution in [3.63, 3.8) is 0 Å². The Morgan fingerprint density at radius 1 is 1.31 bits per heavy atom. The Labute approximate surface area is 99.7 Å². The number of aliphatic hydroxyl groups is 1. The lowest BCUT2D eigenvalue weighted by Crippen LogP contribution is -2.35. The van der Waals surface area contributed by atoms with Crippen molar-refractivity contribution in [3.05, 3.63) is 35.2 Å². The lowest BCUT2D eigenvalue weighted by Gasteiger charge is -2.38. The second kappa shape index (κ2) is 3.57. The molecule has 1 heterocycles. The Balaban J connectivity index is 2.04. The smallest absolute Gasteiger partial charge is 0.0988 e. The zero-order valence-electron chi connectivity index (χ0n) is 9.44. The molecular formula is C14H16OS. The Bertz CT molecular complexity index is 475. The SMILES string of the molecule is CC(O)(c1cc2ccccc2s1)C1CCC1. The highest BCUT2D eigenvalue weighted by molar-refractivity contribution is 7.19. The minimum Gasteiger partial charge on any atom is -0.384 e. The molecule has 2 heteroatoms. The monoisotopic (exact) mass is 232 g/mol. The van der Waals surface area contributed by atoms with Gasteiger partial charge >= 0.3 is 0 Å². The summed E-state index contributed by atoms with van der Waals surface area (Å²) in [4.78, 5) is 1.12. The van der Waals surface area contributed by atoms with E-state index in [-0.39, 0.29) is 0 Å². The van der Waals surface area contributed by atoms with Crippen LogP contribution in [0, 0.1) is 5.92 Å². The molecule has 1 saturated carbocycles. The number of hydrogen-bond acceptors (Lipinski definition) is 2. The van der Waals surface area contributed by atoms with Gasteiger partial charge in [0.25, 0.3) is 0 Å². The van der Waals surface area contributed by atoms with Crippen LogP contribution in [0.1, 0.15) is 31.1 Å². The van der Waals surface area contributed by atoms with Gasteiger partial charge in [-0.2, -0.15) is 0 Å². The molecule has 1 unspecified atom stereocenters. The van der Waals surface area contributed by atoms with Gasteiger partial charge in [0.05, 0.1) is 5.60 Å². The van der Waals surface area contributed by atoms with E-state index in [1.807, 2.05) is 6.92 Å². The van der Waals surface area contributed by atoms with Crippen molar-refractivity contribution in [3.8, 4) is 0 Å². The number of rotatable bonds is 2. The second-order valence-corrected chi connectivity index (χ2v) is 6.01. The van der Waals surface area contributed by atoms with Crippen LogP contribution in [0.15, 0.2) is 30.3 Å². The molecule has 0 amide bonds. The largest absolute Gasteiger partial charge is 0.384 e. The molecule has 0 bridgehead atoms. The van der Waals surface area contributed by atoms with Crippen LogP contribution in [0.5, 0.6) is 0 Å². The molecule has 0 spiro atoms. The molecule has 1 N–H and O–H groups in total. The molecule has 0 radical (unpaired) electrons. The van der Waals surface area contributed by atoms with Gasteiger partial charge in [-0.15, -0.1) is 11.3 Å². The molecule has 0 saturated heterocycles. The Hall–Kier alpha value is -0.860. The summed E-state index contributed by atoms with van der Waals surface area (Å²) in [6.45, 7) is 1.97. The zero-order chi connectivity index (χ0) is 11.2. The first-order chi connectivity index (χ1) is 7.68. The van der Waals surface area contributed by atoms with E-state index in [1.54, 1.807) is 11.3 Å². The first-order valence-electron chi connectivity index (χ1n) is 5.89. The molecule has 1 atom stereocenters. The molecule has 1 aromatic carbocycles. The Kier molecular flexibility index (Phi) is 2.30. The molecule has 84 valence electrons. The fourth-order valence-electron chi connectivity index (χ4n) is 2.40. The highest BCUT2D eigenvalue weighted by Gasteiger charge is 2.38. The van der Waals surface area contributed by atoms with Gasteiger partial charge in [-0.3, -0.25) is 0 Å². The molecule has 1 nitrogen and oxygen atoms in total. The Morgan fingerprint density at radius 3 is 2.69 bits per heavy atom. The third kappa shape index (κ3) is 1.48. The predicted octanol–water partition coefficient (Wildman–Crippen LogP) is 3.91. The van der Waals surface area contributed by atoms with Gasteiger partial charge in [0.2, 0.25) is 0 Å². The standard InChI is InChI=1S/C14H16OS/c1-14(15,11-6-4-7-11)13-9-10-5-2-3-8-12(10)16-13/h2-3,5,8-9,11,15H,4,6-7H2,1H3. The lowest BCUT2D eigenvalue weighted by atomic mass is 9.73. The molecule has 3 rings (SSSR count). The minimum absolute atomic E-state index is 0.459. The summed E-state index contributed by atoms with van der Waals surface area (Å²) >= 11 is 1.73. The minimum atomic E-state index is -0.623. The van der Waals surface area contributed by atoms with Gasteiger partial charge in [0.1, 0.15) is 0 Å². The quantitative estimate of drug-likeness (QED) is 0.832. The summed E-state index contributed by atoms with van der Waals surface area (Å²) in [5.41, 5.74) is -0.623. The van der Waals surface area contributed by atoms with E-state index in [0.29, 0.717) is 5.92 Å². The van der Waals surface area contributed by atoms with Crippen LogP contribution in [0.2, 0.25) is 0 Å². The van der Waals surface area contributed by atoms with Crippen LogP contribution in [-0.4, -0.2) is 5.11 Å². The molecule has 1 fully saturated rings. The van der Waals surface area contributed by atoms with Crippen molar-refractivity contribution in [1.29, 1.82) is 0 Å². The number of hydrogen-bond donors (Lipinski definition) is 1. The topological polar surface area (TPSA) is 20.2 Å². The highest BCUT2D eigenvalue weighted by atomic mass is 32.1. The van der Waals surface area contributed by atoms with Gasteiger partial charge in [-0.05, 0) is 43.2 Å². The first kappa shape index (κ1) is 10.3. The van der Waals surface area contributed by atoms with Crippen LogP contribution >= 0.6 is 11.3 Å². The molecule has 1 aromatic heterocycles. The number of thiophene rings is 1. The van der Waals surface area contributed by atoms with Gasteiger partial charge in [0.15, 0.2) is 0 Å². The van der Waals surface area contributed by atoms with Crippen molar-refractivity contribution in [2.24, 2.45) is 5.92 Å². The van der Waals surface area contributed by atoms with Crippen LogP contribution in [-0.2, 0) is 5.60 Å². The normalized spacial score (nSPS) is 20.6. The van der Waals surface area contributed by atoms with Gasteiger partial charge in [-0.25, -0.2) is 0 Å². The molecule has 0 aliphatic heterocycles. The molecule has 2 aromatic rings. The molecule has 1 aliphatic carbocycles. The molecule has 16 heavy (non-hydrogen) atoms. The van der Waals surface area contributed by atoms with Crippen LogP contribution < -0.4 is 0 Å². The first-order valence-corrected chi connectivity index (χ1v) is 6.71. The van der Waals surface area contributed by atoms with E-state index in [0.717, 1.165) is 4.88 Å². The van der Waals surface area contributed by atoms with Gasteiger partial charge in [0, 0.05) is 9.58 Å². The summed E-state index contributed by atoms with van der Waals surface area (Å²) in [7, 11) is 0. The van der Waals surface area contributed by atoms with Gasteiger partial charge in [-0.1, -0.05) is 24.6 Å². The van der Waals surface area contributed by atoms with E-state index < -0.39 is 5.60 Å². The van der Waals surface area contributed by atoms with E-state index >= 15 is 0 Å². The van der Waals surface area contributed by atoms with Crippen LogP contribution in [0.3, 0.4) is 0 Å². The maximum absolute atomic E-state index is 10.6. The highest BCUT2D eigenvalue weighted by Crippen LogP contribution is 2.45. The average molecular weight is 232 g/mol. The summed E-state index contributed by atoms with van der Waals surface area (Å²) in [5.74, 6) is 0.459. The van der Waals surface area contributed by atoms with E-state index in [1.165, 1.54) is 29.3 Å². The zero-order valence-corrected chi connectivity index (χ0v) is 10.3. The maximum atomic E-state index is 10.6. The third-order valence-corrected chi connectivity index (χ3v) is 5.17. The lowest BCUT2D eigenvalue weighted by molar-refractivity contribution is -0.0368. The fourth-order valence-corrected chi connectivity index (χ4v) is 3.59. The summed E-state index contributed by atoms with van der Waals surface area (Å²) in [6.07, 6.45) is 3.61. The summed E-state index contributed by atoms with van der Waals surface area (Å²) in [6, 6.07) is 10.5. The number of benzene rings is 1. The van der Waals surface area contributed by atoms with Crippen molar-refractivity contribution < 1.29 is 5.11 Å². The predicted molar refractivity (Wildman–Crippen MR) is 68.7 cm³/mol. The third-order valence-electron chi connectivity index (χ3n) is 3.82. The maximum Gasteiger partial charge on any atom is 0.0988 e. The van der Waals surface area contributed by atoms with Crippen LogP contribution in [0.25, 0.3) is 10.1 Å². The molecular weight excluding hydrogens is 216 g/mol. The van der Waals surface area contributed by atoms with Crippen molar-refractivity contribution in [2.45, 2.75) is 31.8 Å². The van der Waals surface area contributed by atoms with E-state index in [4.69, 9.17) is 0 Å². The van der Waals surface area contributed by atoms with Gasteiger partial charge < -0.3 is 5.11 Å². The van der Waals surface area contributed by atoms with E-state index in [9.17, 15) is 5.11 Å². The average Bonchev–Trinajstić information content (AvgIpc) is 2.57. The van der Waals surface area contributed by atoms with Crippen molar-refractivity contribution in [2.75, 3.05) is 0 Å². The van der Waals surface area contributed by atoms with Crippen LogP contribution in [0.4, 0.5) is 0 Å². The fraction of sp³-hybridized carbons (Fsp3) is 0.429. The van der Waals surface area contributed by atoms with E-state index in [2.05, 4.69) is 30.3 Å². The summed E-state index contributed by atoms with van der Waals surface area (Å²) in [5, 5.41) is 11.9.